The van der Waals surface area contributed by atoms with Crippen LogP contribution in [0.25, 0.3) is 0 Å². The Hall–Kier alpha value is -2.04. The molecule has 0 saturated carbocycles. The predicted octanol–water partition coefficient (Wildman–Crippen LogP) is 1.95. The van der Waals surface area contributed by atoms with E-state index in [1.54, 1.807) is 0 Å². The minimum Gasteiger partial charge on any atom is -0.409 e. The van der Waals surface area contributed by atoms with Gasteiger partial charge in [0.25, 0.3) is 0 Å². The molecule has 0 atom stereocenters. The summed E-state index contributed by atoms with van der Waals surface area (Å²) in [4.78, 5) is 14.7. The summed E-state index contributed by atoms with van der Waals surface area (Å²) in [5, 5.41) is 11.8. The van der Waals surface area contributed by atoms with Crippen molar-refractivity contribution in [2.45, 2.75) is 32.1 Å². The second kappa shape index (κ2) is 6.16. The van der Waals surface area contributed by atoms with Crippen LogP contribution in [0.1, 0.15) is 32.3 Å². The van der Waals surface area contributed by atoms with Crippen molar-refractivity contribution < 1.29 is 10.0 Å². The molecule has 1 amide bonds. The van der Waals surface area contributed by atoms with E-state index in [2.05, 4.69) is 5.16 Å². The summed E-state index contributed by atoms with van der Waals surface area (Å²) in [6, 6.07) is 9.83. The minimum atomic E-state index is -0.537. The van der Waals surface area contributed by atoms with Gasteiger partial charge in [-0.2, -0.15) is 0 Å². The zero-order valence-corrected chi connectivity index (χ0v) is 12.6. The Morgan fingerprint density at radius 2 is 1.86 bits per heavy atom. The maximum Gasteiger partial charge on any atom is 0.232 e. The van der Waals surface area contributed by atoms with Crippen molar-refractivity contribution in [3.8, 4) is 0 Å². The number of piperidine rings is 1. The van der Waals surface area contributed by atoms with Gasteiger partial charge in [-0.05, 0) is 32.3 Å². The van der Waals surface area contributed by atoms with Gasteiger partial charge in [0, 0.05) is 19.0 Å². The number of hydrogen-bond acceptors (Lipinski definition) is 3. The van der Waals surface area contributed by atoms with Crippen molar-refractivity contribution in [3.63, 3.8) is 0 Å². The third-order valence-electron chi connectivity index (χ3n) is 4.35. The molecule has 1 aliphatic heterocycles. The van der Waals surface area contributed by atoms with Gasteiger partial charge < -0.3 is 15.8 Å². The largest absolute Gasteiger partial charge is 0.409 e. The van der Waals surface area contributed by atoms with E-state index in [9.17, 15) is 4.79 Å². The van der Waals surface area contributed by atoms with Crippen molar-refractivity contribution in [3.05, 3.63) is 35.9 Å². The molecule has 5 nitrogen and oxygen atoms in total. The average molecular weight is 289 g/mol. The summed E-state index contributed by atoms with van der Waals surface area (Å²) < 4.78 is 0. The van der Waals surface area contributed by atoms with Gasteiger partial charge in [-0.1, -0.05) is 35.5 Å². The second-order valence-electron chi connectivity index (χ2n) is 6.08. The highest BCUT2D eigenvalue weighted by Gasteiger charge is 2.35. The zero-order valence-electron chi connectivity index (χ0n) is 12.6. The number of amides is 1. The Bertz CT molecular complexity index is 518. The molecule has 5 heteroatoms. The Kier molecular flexibility index (Phi) is 4.50. The Balaban J connectivity index is 2.05. The molecule has 1 aromatic rings. The van der Waals surface area contributed by atoms with Crippen molar-refractivity contribution in [1.29, 1.82) is 0 Å². The lowest BCUT2D eigenvalue weighted by Gasteiger charge is -2.36. The lowest BCUT2D eigenvalue weighted by atomic mass is 9.82. The van der Waals surface area contributed by atoms with E-state index in [4.69, 9.17) is 10.9 Å². The maximum absolute atomic E-state index is 12.8. The van der Waals surface area contributed by atoms with Crippen molar-refractivity contribution in [2.75, 3.05) is 13.1 Å². The van der Waals surface area contributed by atoms with Crippen LogP contribution in [0.4, 0.5) is 0 Å². The van der Waals surface area contributed by atoms with Gasteiger partial charge in [-0.25, -0.2) is 0 Å². The fourth-order valence-electron chi connectivity index (χ4n) is 2.83. The number of carbonyl (C=O) groups excluding carboxylic acids is 1. The van der Waals surface area contributed by atoms with E-state index in [0.29, 0.717) is 13.1 Å². The molecular formula is C16H23N3O2. The Morgan fingerprint density at radius 3 is 2.38 bits per heavy atom. The second-order valence-corrected chi connectivity index (χ2v) is 6.08. The van der Waals surface area contributed by atoms with E-state index in [0.717, 1.165) is 18.4 Å². The number of likely N-dealkylation sites (tertiary alicyclic amines) is 1. The van der Waals surface area contributed by atoms with Gasteiger partial charge in [-0.3, -0.25) is 4.79 Å². The number of nitrogens with two attached hydrogens (primary N) is 1. The van der Waals surface area contributed by atoms with Crippen LogP contribution in [0, 0.1) is 5.92 Å². The first kappa shape index (κ1) is 15.4. The molecule has 2 rings (SSSR count). The molecule has 114 valence electrons. The lowest BCUT2D eigenvalue weighted by molar-refractivity contribution is -0.137. The van der Waals surface area contributed by atoms with Gasteiger partial charge >= 0.3 is 0 Å². The fraction of sp³-hybridized carbons (Fsp3) is 0.500. The van der Waals surface area contributed by atoms with Crippen molar-refractivity contribution in [1.82, 2.24) is 4.90 Å². The molecule has 0 spiro atoms. The smallest absolute Gasteiger partial charge is 0.232 e. The van der Waals surface area contributed by atoms with Crippen LogP contribution in [0.3, 0.4) is 0 Å². The third kappa shape index (κ3) is 3.17. The van der Waals surface area contributed by atoms with Gasteiger partial charge in [-0.15, -0.1) is 0 Å². The van der Waals surface area contributed by atoms with Crippen LogP contribution < -0.4 is 5.73 Å². The lowest BCUT2D eigenvalue weighted by Crippen LogP contribution is -2.48. The molecule has 1 saturated heterocycles. The number of amidine groups is 1. The molecule has 1 heterocycles. The highest BCUT2D eigenvalue weighted by Crippen LogP contribution is 2.28. The molecule has 0 bridgehead atoms. The number of oxime groups is 1. The SMILES string of the molecule is CC(C)(C(=O)N1CCC(C(N)=NO)CC1)c1ccccc1. The van der Waals surface area contributed by atoms with Crippen molar-refractivity contribution in [2.24, 2.45) is 16.8 Å². The third-order valence-corrected chi connectivity index (χ3v) is 4.35. The normalized spacial score (nSPS) is 17.8. The van der Waals surface area contributed by atoms with Crippen molar-refractivity contribution >= 4 is 11.7 Å². The first-order valence-electron chi connectivity index (χ1n) is 7.29. The molecule has 0 radical (unpaired) electrons. The molecule has 0 aliphatic carbocycles. The summed E-state index contributed by atoms with van der Waals surface area (Å²) in [6.07, 6.45) is 1.49. The zero-order chi connectivity index (χ0) is 15.5. The summed E-state index contributed by atoms with van der Waals surface area (Å²) in [5.41, 5.74) is 6.13. The number of nitrogens with zero attached hydrogens (tertiary/aromatic N) is 2. The summed E-state index contributed by atoms with van der Waals surface area (Å²) in [5.74, 6) is 0.468. The van der Waals surface area contributed by atoms with Crippen LogP contribution in [0.2, 0.25) is 0 Å². The number of carbonyl (C=O) groups is 1. The molecule has 0 unspecified atom stereocenters. The molecule has 21 heavy (non-hydrogen) atoms. The average Bonchev–Trinajstić information content (AvgIpc) is 2.54. The molecule has 0 aromatic heterocycles. The minimum absolute atomic E-state index is 0.0684. The summed E-state index contributed by atoms with van der Waals surface area (Å²) >= 11 is 0. The Morgan fingerprint density at radius 1 is 1.29 bits per heavy atom. The van der Waals surface area contributed by atoms with E-state index in [-0.39, 0.29) is 17.7 Å². The van der Waals surface area contributed by atoms with E-state index in [1.165, 1.54) is 0 Å². The summed E-state index contributed by atoms with van der Waals surface area (Å²) in [7, 11) is 0. The van der Waals surface area contributed by atoms with Crippen LogP contribution in [-0.2, 0) is 10.2 Å². The predicted molar refractivity (Wildman–Crippen MR) is 82.2 cm³/mol. The van der Waals surface area contributed by atoms with Gasteiger partial charge in [0.2, 0.25) is 5.91 Å². The van der Waals surface area contributed by atoms with E-state index >= 15 is 0 Å². The van der Waals surface area contributed by atoms with Gasteiger partial charge in [0.1, 0.15) is 5.84 Å². The highest BCUT2D eigenvalue weighted by atomic mass is 16.4. The number of rotatable bonds is 3. The quantitative estimate of drug-likeness (QED) is 0.386. The first-order valence-corrected chi connectivity index (χ1v) is 7.29. The molecule has 1 aliphatic rings. The molecule has 1 aromatic carbocycles. The molecule has 3 N–H and O–H groups in total. The monoisotopic (exact) mass is 289 g/mol. The van der Waals surface area contributed by atoms with Crippen LogP contribution >= 0.6 is 0 Å². The number of benzene rings is 1. The first-order chi connectivity index (χ1) is 9.96. The van der Waals surface area contributed by atoms with E-state index < -0.39 is 5.41 Å². The highest BCUT2D eigenvalue weighted by molar-refractivity contribution is 5.88. The topological polar surface area (TPSA) is 78.9 Å². The van der Waals surface area contributed by atoms with Crippen LogP contribution in [-0.4, -0.2) is 34.9 Å². The summed E-state index contributed by atoms with van der Waals surface area (Å²) in [6.45, 7) is 5.21. The standard InChI is InChI=1S/C16H23N3O2/c1-16(2,13-6-4-3-5-7-13)15(20)19-10-8-12(9-11-19)14(17)18-21/h3-7,12,21H,8-11H2,1-2H3,(H2,17,18). The van der Waals surface area contributed by atoms with E-state index in [1.807, 2.05) is 49.1 Å². The van der Waals surface area contributed by atoms with Crippen LogP contribution in [0.5, 0.6) is 0 Å². The maximum atomic E-state index is 12.8. The molecule has 1 fully saturated rings. The van der Waals surface area contributed by atoms with Gasteiger partial charge in [0.05, 0.1) is 5.41 Å². The molecular weight excluding hydrogens is 266 g/mol. The van der Waals surface area contributed by atoms with Crippen LogP contribution in [0.15, 0.2) is 35.5 Å². The Labute approximate surface area is 125 Å². The fourth-order valence-corrected chi connectivity index (χ4v) is 2.83. The number of hydrogen-bond donors (Lipinski definition) is 2. The van der Waals surface area contributed by atoms with Gasteiger partial charge in [0.15, 0.2) is 0 Å².